The molecule has 9 fully saturated rings. The van der Waals surface area contributed by atoms with Crippen LogP contribution in [0.25, 0.3) is 0 Å². The Bertz CT molecular complexity index is 2290. The fourth-order valence-corrected chi connectivity index (χ4v) is 17.2. The van der Waals surface area contributed by atoms with Gasteiger partial charge in [0.2, 0.25) is 0 Å². The number of allylic oxidation sites excluding steroid dienone is 1. The number of aliphatic hydroxyl groups is 16. The molecule has 33 atom stereocenters. The van der Waals surface area contributed by atoms with Crippen molar-refractivity contribution in [2.45, 2.75) is 266 Å². The van der Waals surface area contributed by atoms with E-state index in [1.165, 1.54) is 6.92 Å². The Balaban J connectivity index is 0.960. The molecule has 9 rings (SSSR count). The highest BCUT2D eigenvalue weighted by Gasteiger charge is 2.73. The molecule has 0 amide bonds. The highest BCUT2D eigenvalue weighted by molar-refractivity contribution is 5.86. The van der Waals surface area contributed by atoms with E-state index < -0.39 is 219 Å². The van der Waals surface area contributed by atoms with Gasteiger partial charge in [-0.05, 0) is 100 Å². The second-order valence-corrected chi connectivity index (χ2v) is 27.6. The lowest BCUT2D eigenvalue weighted by atomic mass is 9.35. The minimum Gasteiger partial charge on any atom is -0.396 e. The van der Waals surface area contributed by atoms with E-state index in [1.54, 1.807) is 13.0 Å². The van der Waals surface area contributed by atoms with E-state index in [9.17, 15) is 86.5 Å². The van der Waals surface area contributed by atoms with Crippen molar-refractivity contribution in [1.82, 2.24) is 0 Å². The first-order chi connectivity index (χ1) is 39.8. The maximum atomic E-state index is 14.8. The number of ketones is 1. The van der Waals surface area contributed by atoms with Gasteiger partial charge in [-0.1, -0.05) is 39.3 Å². The van der Waals surface area contributed by atoms with Crippen molar-refractivity contribution in [3.8, 4) is 0 Å². The molecule has 5 aliphatic heterocycles. The van der Waals surface area contributed by atoms with Crippen LogP contribution in [0.15, 0.2) is 11.6 Å². The summed E-state index contributed by atoms with van der Waals surface area (Å²) < 4.78 is 61.2. The maximum Gasteiger partial charge on any atom is 0.187 e. The summed E-state index contributed by atoms with van der Waals surface area (Å²) in [5, 5.41) is 175. The Morgan fingerprint density at radius 3 is 1.84 bits per heavy atom. The van der Waals surface area contributed by atoms with Gasteiger partial charge in [0, 0.05) is 30.8 Å². The largest absolute Gasteiger partial charge is 0.396 e. The van der Waals surface area contributed by atoms with Crippen LogP contribution in [0.4, 0.5) is 0 Å². The van der Waals surface area contributed by atoms with Crippen molar-refractivity contribution in [3.63, 3.8) is 0 Å². The number of carbonyl (C=O) groups excluding carboxylic acids is 1. The minimum absolute atomic E-state index is 0.0188. The number of hydrogen-bond acceptors (Lipinski definition) is 27. The van der Waals surface area contributed by atoms with E-state index in [2.05, 4.69) is 27.7 Å². The van der Waals surface area contributed by atoms with Crippen LogP contribution in [0, 0.1) is 45.3 Å². The standard InChI is InChI=1S/C58H96O27/c1-23(2)15-25(79-51-45(74)41(70)38(67)30(18-59)80-51)16-57(8,75)35-26-9-10-33-55(6)13-12-34(54(4,5)32(55)11-14-56(33,7)58(26,22-61)17-27(35)62)82-52-48(85-50-44(73)40(69)36(65)24(3)78-50)46(29(64)21-77-52)83-53-47(42(71)39(68)31(19-60)81-53)84-49-43(72)37(66)28(63)20-76-49/h15,24-26,28-53,59-61,63-75H,9-14,16-22H2,1-8H3/t24-,25-,26+,28?,29-,30+,31+,32-,33+,34-,35+,36-,37?,38+,39+,40+,41-,42-,43?,44+,45+,46-,47+,48+,49?,50-,51+,52-,53-,55-,56+,57-,58-/m0/s1. The molecule has 16 N–H and O–H groups in total. The first kappa shape index (κ1) is 67.8. The Kier molecular flexibility index (Phi) is 20.6. The Labute approximate surface area is 494 Å². The van der Waals surface area contributed by atoms with Crippen molar-refractivity contribution >= 4 is 5.78 Å². The Morgan fingerprint density at radius 2 is 1.19 bits per heavy atom. The number of carbonyl (C=O) groups is 1. The van der Waals surface area contributed by atoms with Gasteiger partial charge in [-0.15, -0.1) is 0 Å². The highest BCUT2D eigenvalue weighted by Crippen LogP contribution is 2.75. The topological polar surface area (TPSA) is 433 Å². The number of hydrogen-bond donors (Lipinski definition) is 16. The van der Waals surface area contributed by atoms with Gasteiger partial charge in [0.25, 0.3) is 0 Å². The number of ether oxygens (including phenoxy) is 10. The molecule has 27 heteroatoms. The van der Waals surface area contributed by atoms with Gasteiger partial charge in [-0.3, -0.25) is 4.79 Å². The van der Waals surface area contributed by atoms with Crippen LogP contribution >= 0.6 is 0 Å². The molecule has 4 unspecified atom stereocenters. The minimum atomic E-state index is -1.93. The molecule has 9 aliphatic rings. The number of aliphatic hydroxyl groups excluding tert-OH is 15. The van der Waals surface area contributed by atoms with Crippen LogP contribution in [-0.2, 0) is 52.2 Å². The third kappa shape index (κ3) is 12.1. The van der Waals surface area contributed by atoms with Crippen LogP contribution in [-0.4, -0.2) is 280 Å². The molecular formula is C58H96O27. The maximum absolute atomic E-state index is 14.8. The van der Waals surface area contributed by atoms with Crippen LogP contribution in [0.2, 0.25) is 0 Å². The summed E-state index contributed by atoms with van der Waals surface area (Å²) >= 11 is 0. The lowest BCUT2D eigenvalue weighted by molar-refractivity contribution is -0.398. The van der Waals surface area contributed by atoms with E-state index >= 15 is 0 Å². The quantitative estimate of drug-likeness (QED) is 0.0489. The van der Waals surface area contributed by atoms with Crippen molar-refractivity contribution in [1.29, 1.82) is 0 Å². The average Bonchev–Trinajstić information content (AvgIpc) is 1.67. The molecule has 4 aliphatic carbocycles. The number of Topliss-reactive ketones (excluding diaryl/α,β-unsaturated/α-hetero) is 1. The molecule has 27 nitrogen and oxygen atoms in total. The molecule has 5 saturated heterocycles. The zero-order valence-corrected chi connectivity index (χ0v) is 49.7. The predicted molar refractivity (Wildman–Crippen MR) is 287 cm³/mol. The monoisotopic (exact) mass is 1220 g/mol. The lowest BCUT2D eigenvalue weighted by Crippen LogP contribution is -2.67. The Morgan fingerprint density at radius 1 is 0.612 bits per heavy atom. The van der Waals surface area contributed by atoms with Crippen LogP contribution in [0.1, 0.15) is 107 Å². The summed E-state index contributed by atoms with van der Waals surface area (Å²) in [6.07, 6.45) is -34.3. The smallest absolute Gasteiger partial charge is 0.187 e. The van der Waals surface area contributed by atoms with Gasteiger partial charge < -0.3 is 129 Å². The third-order valence-corrected chi connectivity index (χ3v) is 21.7. The summed E-state index contributed by atoms with van der Waals surface area (Å²) in [6.45, 7) is 12.5. The summed E-state index contributed by atoms with van der Waals surface area (Å²) in [7, 11) is 0. The lowest BCUT2D eigenvalue weighted by Gasteiger charge is -2.70. The van der Waals surface area contributed by atoms with Crippen molar-refractivity contribution < 1.29 is 134 Å². The normalized spacial score (nSPS) is 52.1. The Hall–Kier alpha value is -1.63. The van der Waals surface area contributed by atoms with E-state index in [1.807, 2.05) is 13.8 Å². The average molecular weight is 1230 g/mol. The summed E-state index contributed by atoms with van der Waals surface area (Å²) in [6, 6.07) is 0. The van der Waals surface area contributed by atoms with E-state index in [0.29, 0.717) is 38.5 Å². The zero-order chi connectivity index (χ0) is 62.4. The fourth-order valence-electron chi connectivity index (χ4n) is 17.2. The molecule has 5 heterocycles. The predicted octanol–water partition coefficient (Wildman–Crippen LogP) is -3.92. The van der Waals surface area contributed by atoms with E-state index in [4.69, 9.17) is 47.4 Å². The van der Waals surface area contributed by atoms with Crippen molar-refractivity contribution in [3.05, 3.63) is 11.6 Å². The summed E-state index contributed by atoms with van der Waals surface area (Å²) in [4.78, 5) is 14.8. The first-order valence-electron chi connectivity index (χ1n) is 30.2. The molecule has 4 saturated carbocycles. The molecule has 0 spiro atoms. The van der Waals surface area contributed by atoms with Crippen molar-refractivity contribution in [2.24, 2.45) is 45.3 Å². The van der Waals surface area contributed by atoms with Crippen molar-refractivity contribution in [2.75, 3.05) is 33.0 Å². The van der Waals surface area contributed by atoms with Crippen LogP contribution in [0.3, 0.4) is 0 Å². The molecule has 85 heavy (non-hydrogen) atoms. The molecule has 0 radical (unpaired) electrons. The van der Waals surface area contributed by atoms with E-state index in [0.717, 1.165) is 5.57 Å². The molecule has 0 aromatic heterocycles. The van der Waals surface area contributed by atoms with Gasteiger partial charge in [0.15, 0.2) is 31.5 Å². The van der Waals surface area contributed by atoms with Gasteiger partial charge in [-0.2, -0.15) is 0 Å². The highest BCUT2D eigenvalue weighted by atomic mass is 16.8. The fraction of sp³-hybridized carbons (Fsp3) is 0.948. The molecular weight excluding hydrogens is 1130 g/mol. The number of rotatable bonds is 17. The molecule has 0 aromatic rings. The zero-order valence-electron chi connectivity index (χ0n) is 49.7. The molecule has 0 bridgehead atoms. The van der Waals surface area contributed by atoms with E-state index in [-0.39, 0.29) is 37.1 Å². The summed E-state index contributed by atoms with van der Waals surface area (Å²) in [5.74, 6) is -1.66. The molecule has 0 aromatic carbocycles. The van der Waals surface area contributed by atoms with Gasteiger partial charge in [0.05, 0.1) is 50.3 Å². The van der Waals surface area contributed by atoms with Gasteiger partial charge in [0.1, 0.15) is 110 Å². The first-order valence-corrected chi connectivity index (χ1v) is 30.2. The second-order valence-electron chi connectivity index (χ2n) is 27.6. The van der Waals surface area contributed by atoms with Crippen LogP contribution in [0.5, 0.6) is 0 Å². The summed E-state index contributed by atoms with van der Waals surface area (Å²) in [5.41, 5.74) is -3.58. The molecule has 490 valence electrons. The van der Waals surface area contributed by atoms with Gasteiger partial charge >= 0.3 is 0 Å². The SMILES string of the molecule is CC(C)=C[C@@H](C[C@](C)(O)[C@H]1C(=O)C[C@]2(CO)[C@@H]1CC[C@@H]1[C@@]3(C)CC[C@H](O[C@@H]4OC[C@H](O)[C@H](O[C@@H]5O[C@H](CO)[C@@H](O)[C@H](O)[C@H]5OC5OCC(O)C(O)C5O)[C@H]4O[C@@H]4O[C@@H](C)[C@H](O)[C@@H](O)[C@H]4O)C(C)(C)[C@@H]3CC[C@]12C)O[C@@H]1O[C@H](CO)[C@@H](O)[C@H](O)[C@H]1O. The van der Waals surface area contributed by atoms with Crippen LogP contribution < -0.4 is 0 Å². The second kappa shape index (κ2) is 25.8. The van der Waals surface area contributed by atoms with Gasteiger partial charge in [-0.25, -0.2) is 0 Å². The third-order valence-electron chi connectivity index (χ3n) is 21.7. The number of fused-ring (bicyclic) bond motifs is 5.